The summed E-state index contributed by atoms with van der Waals surface area (Å²) < 4.78 is 0. The van der Waals surface area contributed by atoms with E-state index in [4.69, 9.17) is 5.73 Å². The molecule has 2 saturated heterocycles. The van der Waals surface area contributed by atoms with Crippen molar-refractivity contribution in [1.82, 2.24) is 4.90 Å². The number of hydrogen-bond donors (Lipinski definition) is 1. The van der Waals surface area contributed by atoms with Crippen LogP contribution in [0.2, 0.25) is 0 Å². The average Bonchev–Trinajstić information content (AvgIpc) is 2.26. The maximum atomic E-state index is 5.68. The van der Waals surface area contributed by atoms with Crippen LogP contribution < -0.4 is 5.73 Å². The van der Waals surface area contributed by atoms with Crippen LogP contribution >= 0.6 is 0 Å². The number of piperidine rings is 1. The molecule has 11 heavy (non-hydrogen) atoms. The van der Waals surface area contributed by atoms with Crippen molar-refractivity contribution in [3.8, 4) is 0 Å². The lowest BCUT2D eigenvalue weighted by molar-refractivity contribution is 0.137. The third-order valence-corrected chi connectivity index (χ3v) is 3.53. The van der Waals surface area contributed by atoms with E-state index in [1.54, 1.807) is 0 Å². The maximum Gasteiger partial charge on any atom is 0.00988 e. The minimum Gasteiger partial charge on any atom is -0.330 e. The zero-order valence-corrected chi connectivity index (χ0v) is 7.29. The van der Waals surface area contributed by atoms with Crippen molar-refractivity contribution in [2.24, 2.45) is 11.7 Å². The molecule has 2 N–H and O–H groups in total. The van der Waals surface area contributed by atoms with Gasteiger partial charge in [0.2, 0.25) is 0 Å². The van der Waals surface area contributed by atoms with Gasteiger partial charge >= 0.3 is 0 Å². The first-order valence-electron chi connectivity index (χ1n) is 4.73. The minimum absolute atomic E-state index is 0.823. The lowest BCUT2D eigenvalue weighted by Crippen LogP contribution is -2.41. The summed E-state index contributed by atoms with van der Waals surface area (Å²) in [7, 11) is 2.27. The molecule has 2 nitrogen and oxygen atoms in total. The van der Waals surface area contributed by atoms with Crippen LogP contribution in [0.5, 0.6) is 0 Å². The normalized spacial score (nSPS) is 44.7. The van der Waals surface area contributed by atoms with Crippen LogP contribution in [0.3, 0.4) is 0 Å². The standard InChI is InChI=1S/C9H18N2/c1-11-8-2-3-9(11)5-7(4-8)6-10/h7-9H,2-6,10H2,1H3. The minimum atomic E-state index is 0.823. The fourth-order valence-corrected chi connectivity index (χ4v) is 2.72. The van der Waals surface area contributed by atoms with Crippen LogP contribution in [0.25, 0.3) is 0 Å². The van der Waals surface area contributed by atoms with Crippen LogP contribution in [-0.2, 0) is 0 Å². The third kappa shape index (κ3) is 1.18. The van der Waals surface area contributed by atoms with Crippen LogP contribution in [-0.4, -0.2) is 30.6 Å². The van der Waals surface area contributed by atoms with Crippen molar-refractivity contribution in [2.45, 2.75) is 37.8 Å². The first-order chi connectivity index (χ1) is 5.31. The SMILES string of the molecule is CN1C2CCC1CC(CN)C2. The van der Waals surface area contributed by atoms with Crippen LogP contribution in [0.15, 0.2) is 0 Å². The van der Waals surface area contributed by atoms with Crippen molar-refractivity contribution in [3.63, 3.8) is 0 Å². The van der Waals surface area contributed by atoms with E-state index in [0.29, 0.717) is 0 Å². The molecule has 64 valence electrons. The van der Waals surface area contributed by atoms with Gasteiger partial charge in [-0.05, 0) is 45.2 Å². The second kappa shape index (κ2) is 2.76. The van der Waals surface area contributed by atoms with E-state index in [0.717, 1.165) is 24.5 Å². The van der Waals surface area contributed by atoms with Crippen molar-refractivity contribution in [1.29, 1.82) is 0 Å². The summed E-state index contributed by atoms with van der Waals surface area (Å²) in [5.41, 5.74) is 5.68. The Balaban J connectivity index is 2.02. The molecule has 2 heterocycles. The topological polar surface area (TPSA) is 29.3 Å². The molecule has 2 unspecified atom stereocenters. The van der Waals surface area contributed by atoms with Gasteiger partial charge in [-0.2, -0.15) is 0 Å². The lowest BCUT2D eigenvalue weighted by atomic mass is 9.91. The van der Waals surface area contributed by atoms with Gasteiger partial charge in [-0.15, -0.1) is 0 Å². The molecule has 2 bridgehead atoms. The summed E-state index contributed by atoms with van der Waals surface area (Å²) in [6, 6.07) is 1.73. The monoisotopic (exact) mass is 154 g/mol. The number of fused-ring (bicyclic) bond motifs is 2. The Morgan fingerprint density at radius 1 is 1.27 bits per heavy atom. The Morgan fingerprint density at radius 2 is 1.82 bits per heavy atom. The molecule has 2 aliphatic heterocycles. The maximum absolute atomic E-state index is 5.68. The summed E-state index contributed by atoms with van der Waals surface area (Å²) in [5, 5.41) is 0. The van der Waals surface area contributed by atoms with E-state index in [9.17, 15) is 0 Å². The van der Waals surface area contributed by atoms with Crippen molar-refractivity contribution < 1.29 is 0 Å². The fraction of sp³-hybridized carbons (Fsp3) is 1.00. The Kier molecular flexibility index (Phi) is 1.90. The van der Waals surface area contributed by atoms with Crippen LogP contribution in [0, 0.1) is 5.92 Å². The quantitative estimate of drug-likeness (QED) is 0.606. The molecule has 0 aliphatic carbocycles. The van der Waals surface area contributed by atoms with Gasteiger partial charge in [0.25, 0.3) is 0 Å². The molecule has 0 amide bonds. The molecular weight excluding hydrogens is 136 g/mol. The lowest BCUT2D eigenvalue weighted by Gasteiger charge is -2.35. The van der Waals surface area contributed by atoms with E-state index < -0.39 is 0 Å². The number of nitrogens with two attached hydrogens (primary N) is 1. The second-order valence-electron chi connectivity index (χ2n) is 4.12. The predicted octanol–water partition coefficient (Wildman–Crippen LogP) is 0.818. The average molecular weight is 154 g/mol. The van der Waals surface area contributed by atoms with E-state index >= 15 is 0 Å². The van der Waals surface area contributed by atoms with Crippen molar-refractivity contribution in [3.05, 3.63) is 0 Å². The summed E-state index contributed by atoms with van der Waals surface area (Å²) >= 11 is 0. The molecule has 0 saturated carbocycles. The first kappa shape index (κ1) is 7.56. The smallest absolute Gasteiger partial charge is 0.00988 e. The van der Waals surface area contributed by atoms with Crippen LogP contribution in [0.4, 0.5) is 0 Å². The molecule has 2 fully saturated rings. The van der Waals surface area contributed by atoms with Crippen LogP contribution in [0.1, 0.15) is 25.7 Å². The molecule has 2 aliphatic rings. The zero-order valence-electron chi connectivity index (χ0n) is 7.29. The highest BCUT2D eigenvalue weighted by atomic mass is 15.2. The highest BCUT2D eigenvalue weighted by molar-refractivity contribution is 4.93. The van der Waals surface area contributed by atoms with Gasteiger partial charge in [-0.25, -0.2) is 0 Å². The third-order valence-electron chi connectivity index (χ3n) is 3.53. The van der Waals surface area contributed by atoms with E-state index in [2.05, 4.69) is 11.9 Å². The molecule has 0 radical (unpaired) electrons. The van der Waals surface area contributed by atoms with Crippen molar-refractivity contribution in [2.75, 3.05) is 13.6 Å². The van der Waals surface area contributed by atoms with Crippen molar-refractivity contribution >= 4 is 0 Å². The Labute approximate surface area is 68.7 Å². The molecule has 2 rings (SSSR count). The number of hydrogen-bond acceptors (Lipinski definition) is 2. The van der Waals surface area contributed by atoms with Gasteiger partial charge in [0.15, 0.2) is 0 Å². The Hall–Kier alpha value is -0.0800. The predicted molar refractivity (Wildman–Crippen MR) is 46.4 cm³/mol. The molecular formula is C9H18N2. The summed E-state index contributed by atoms with van der Waals surface area (Å²) in [5.74, 6) is 0.823. The highest BCUT2D eigenvalue weighted by Gasteiger charge is 2.37. The second-order valence-corrected chi connectivity index (χ2v) is 4.12. The zero-order chi connectivity index (χ0) is 7.84. The van der Waals surface area contributed by atoms with E-state index in [1.807, 2.05) is 0 Å². The van der Waals surface area contributed by atoms with Gasteiger partial charge in [0.05, 0.1) is 0 Å². The van der Waals surface area contributed by atoms with Gasteiger partial charge in [0.1, 0.15) is 0 Å². The van der Waals surface area contributed by atoms with Gasteiger partial charge in [0, 0.05) is 12.1 Å². The Bertz CT molecular complexity index is 132. The highest BCUT2D eigenvalue weighted by Crippen LogP contribution is 2.36. The van der Waals surface area contributed by atoms with Gasteiger partial charge < -0.3 is 10.6 Å². The molecule has 2 atom stereocenters. The fourth-order valence-electron chi connectivity index (χ4n) is 2.72. The number of rotatable bonds is 1. The molecule has 0 aromatic rings. The Morgan fingerprint density at radius 3 is 2.27 bits per heavy atom. The van der Waals surface area contributed by atoms with E-state index in [-0.39, 0.29) is 0 Å². The molecule has 0 spiro atoms. The first-order valence-corrected chi connectivity index (χ1v) is 4.73. The van der Waals surface area contributed by atoms with E-state index in [1.165, 1.54) is 25.7 Å². The summed E-state index contributed by atoms with van der Waals surface area (Å²) in [6.45, 7) is 0.904. The largest absolute Gasteiger partial charge is 0.330 e. The molecule has 0 aromatic carbocycles. The van der Waals surface area contributed by atoms with Gasteiger partial charge in [-0.3, -0.25) is 0 Å². The summed E-state index contributed by atoms with van der Waals surface area (Å²) in [6.07, 6.45) is 5.53. The number of nitrogens with zero attached hydrogens (tertiary/aromatic N) is 1. The molecule has 2 heteroatoms. The summed E-state index contributed by atoms with van der Waals surface area (Å²) in [4.78, 5) is 2.56. The van der Waals surface area contributed by atoms with Gasteiger partial charge in [-0.1, -0.05) is 0 Å². The molecule has 0 aromatic heterocycles.